The van der Waals surface area contributed by atoms with Crippen LogP contribution in [-0.2, 0) is 6.42 Å². The molecule has 0 radical (unpaired) electrons. The maximum Gasteiger partial charge on any atom is 0.422 e. The van der Waals surface area contributed by atoms with E-state index >= 15 is 0 Å². The molecule has 0 aliphatic carbocycles. The minimum Gasteiger partial charge on any atom is -0.467 e. The third kappa shape index (κ3) is 5.22. The lowest BCUT2D eigenvalue weighted by atomic mass is 10.2. The van der Waals surface area contributed by atoms with Crippen molar-refractivity contribution in [3.63, 3.8) is 0 Å². The molecule has 1 aromatic heterocycles. The lowest BCUT2D eigenvalue weighted by Crippen LogP contribution is -2.20. The quantitative estimate of drug-likeness (QED) is 0.878. The number of nitrogens with two attached hydrogens (primary N) is 1. The van der Waals surface area contributed by atoms with Gasteiger partial charge in [-0.2, -0.15) is 13.2 Å². The van der Waals surface area contributed by atoms with Crippen LogP contribution in [0.25, 0.3) is 0 Å². The van der Waals surface area contributed by atoms with Crippen molar-refractivity contribution in [1.29, 1.82) is 0 Å². The van der Waals surface area contributed by atoms with Crippen molar-refractivity contribution in [2.75, 3.05) is 33.0 Å². The Hall–Kier alpha value is -1.50. The van der Waals surface area contributed by atoms with Gasteiger partial charge in [0.1, 0.15) is 0 Å². The highest BCUT2D eigenvalue weighted by Gasteiger charge is 2.29. The first-order valence-corrected chi connectivity index (χ1v) is 5.37. The number of likely N-dealkylation sites (N-methyl/N-ethyl adjacent to an activating group) is 1. The van der Waals surface area contributed by atoms with Crippen molar-refractivity contribution in [3.05, 3.63) is 17.8 Å². The van der Waals surface area contributed by atoms with Gasteiger partial charge >= 0.3 is 6.18 Å². The molecule has 2 N–H and O–H groups in total. The predicted molar refractivity (Wildman–Crippen MR) is 62.5 cm³/mol. The highest BCUT2D eigenvalue weighted by atomic mass is 19.4. The summed E-state index contributed by atoms with van der Waals surface area (Å²) in [5, 5.41) is 0. The smallest absolute Gasteiger partial charge is 0.422 e. The normalized spacial score (nSPS) is 11.9. The molecule has 18 heavy (non-hydrogen) atoms. The van der Waals surface area contributed by atoms with Crippen molar-refractivity contribution in [2.24, 2.45) is 0 Å². The summed E-state index contributed by atoms with van der Waals surface area (Å²) in [4.78, 5) is 5.93. The molecule has 1 heterocycles. The summed E-state index contributed by atoms with van der Waals surface area (Å²) in [6.45, 7) is -0.642. The van der Waals surface area contributed by atoms with Gasteiger partial charge in [-0.1, -0.05) is 0 Å². The molecule has 1 rings (SSSR count). The molecular weight excluding hydrogens is 247 g/mol. The summed E-state index contributed by atoms with van der Waals surface area (Å²) < 4.78 is 40.7. The van der Waals surface area contributed by atoms with Crippen molar-refractivity contribution in [1.82, 2.24) is 9.88 Å². The third-order valence-electron chi connectivity index (χ3n) is 2.14. The Morgan fingerprint density at radius 2 is 2.00 bits per heavy atom. The van der Waals surface area contributed by atoms with E-state index in [1.165, 1.54) is 6.07 Å². The van der Waals surface area contributed by atoms with Crippen LogP contribution in [0, 0.1) is 0 Å². The average Bonchev–Trinajstić information content (AvgIpc) is 2.25. The Balaban J connectivity index is 2.69. The average molecular weight is 263 g/mol. The van der Waals surface area contributed by atoms with Gasteiger partial charge in [-0.05, 0) is 26.2 Å². The standard InChI is InChI=1S/C11H16F3N3O/c1-17(2)6-5-8-3-4-9(15)10(16-8)18-7-11(12,13)14/h3-4H,5-7,15H2,1-2H3. The van der Waals surface area contributed by atoms with E-state index in [0.717, 1.165) is 6.54 Å². The number of nitrogens with zero attached hydrogens (tertiary/aromatic N) is 2. The number of halogens is 3. The summed E-state index contributed by atoms with van der Waals surface area (Å²) in [7, 11) is 3.80. The number of aromatic nitrogens is 1. The summed E-state index contributed by atoms with van der Waals surface area (Å²) in [5.41, 5.74) is 6.26. The van der Waals surface area contributed by atoms with Crippen LogP contribution in [-0.4, -0.2) is 43.3 Å². The molecule has 7 heteroatoms. The fourth-order valence-electron chi connectivity index (χ4n) is 1.23. The van der Waals surface area contributed by atoms with Crippen molar-refractivity contribution in [3.8, 4) is 5.88 Å². The number of hydrogen-bond acceptors (Lipinski definition) is 4. The molecule has 0 aromatic carbocycles. The summed E-state index contributed by atoms with van der Waals surface area (Å²) in [6.07, 6.45) is -3.77. The van der Waals surface area contributed by atoms with Gasteiger partial charge < -0.3 is 15.4 Å². The van der Waals surface area contributed by atoms with E-state index in [2.05, 4.69) is 9.72 Å². The molecule has 0 aliphatic heterocycles. The lowest BCUT2D eigenvalue weighted by molar-refractivity contribution is -0.153. The molecule has 0 atom stereocenters. The highest BCUT2D eigenvalue weighted by Crippen LogP contribution is 2.22. The molecular formula is C11H16F3N3O. The van der Waals surface area contributed by atoms with Gasteiger partial charge in [-0.15, -0.1) is 0 Å². The molecule has 0 bridgehead atoms. The zero-order valence-corrected chi connectivity index (χ0v) is 10.3. The molecule has 0 saturated carbocycles. The first kappa shape index (κ1) is 14.6. The van der Waals surface area contributed by atoms with Gasteiger partial charge in [0.05, 0.1) is 5.69 Å². The summed E-state index contributed by atoms with van der Waals surface area (Å²) in [6, 6.07) is 3.18. The van der Waals surface area contributed by atoms with Crippen LogP contribution in [0.15, 0.2) is 12.1 Å². The van der Waals surface area contributed by atoms with Crippen LogP contribution in [0.4, 0.5) is 18.9 Å². The molecule has 0 spiro atoms. The Labute approximate surface area is 104 Å². The van der Waals surface area contributed by atoms with E-state index in [1.54, 1.807) is 6.07 Å². The second-order valence-electron chi connectivity index (χ2n) is 4.15. The fourth-order valence-corrected chi connectivity index (χ4v) is 1.23. The number of nitrogen functional groups attached to an aromatic ring is 1. The third-order valence-corrected chi connectivity index (χ3v) is 2.14. The van der Waals surface area contributed by atoms with E-state index in [0.29, 0.717) is 12.1 Å². The zero-order chi connectivity index (χ0) is 13.8. The van der Waals surface area contributed by atoms with Crippen LogP contribution in [0.1, 0.15) is 5.69 Å². The first-order chi connectivity index (χ1) is 8.28. The second-order valence-corrected chi connectivity index (χ2v) is 4.15. The molecule has 0 amide bonds. The van der Waals surface area contributed by atoms with Crippen LogP contribution < -0.4 is 10.5 Å². The second kappa shape index (κ2) is 5.90. The minimum atomic E-state index is -4.40. The van der Waals surface area contributed by atoms with Crippen molar-refractivity contribution in [2.45, 2.75) is 12.6 Å². The Morgan fingerprint density at radius 3 is 2.56 bits per heavy atom. The lowest BCUT2D eigenvalue weighted by Gasteiger charge is -2.12. The topological polar surface area (TPSA) is 51.4 Å². The maximum atomic E-state index is 12.0. The van der Waals surface area contributed by atoms with Crippen molar-refractivity contribution >= 4 is 5.69 Å². The van der Waals surface area contributed by atoms with Gasteiger partial charge in [0, 0.05) is 18.7 Å². The van der Waals surface area contributed by atoms with E-state index in [4.69, 9.17) is 5.73 Å². The Morgan fingerprint density at radius 1 is 1.33 bits per heavy atom. The van der Waals surface area contributed by atoms with Gasteiger partial charge in [0.25, 0.3) is 0 Å². The molecule has 4 nitrogen and oxygen atoms in total. The van der Waals surface area contributed by atoms with Crippen LogP contribution >= 0.6 is 0 Å². The largest absolute Gasteiger partial charge is 0.467 e. The molecule has 0 fully saturated rings. The van der Waals surface area contributed by atoms with Gasteiger partial charge in [0.15, 0.2) is 6.61 Å². The van der Waals surface area contributed by atoms with Crippen LogP contribution in [0.5, 0.6) is 5.88 Å². The van der Waals surface area contributed by atoms with Gasteiger partial charge in [0.2, 0.25) is 5.88 Å². The van der Waals surface area contributed by atoms with E-state index in [-0.39, 0.29) is 11.6 Å². The van der Waals surface area contributed by atoms with E-state index < -0.39 is 12.8 Å². The summed E-state index contributed by atoms with van der Waals surface area (Å²) >= 11 is 0. The van der Waals surface area contributed by atoms with Gasteiger partial charge in [-0.3, -0.25) is 0 Å². The highest BCUT2D eigenvalue weighted by molar-refractivity contribution is 5.48. The number of alkyl halides is 3. The number of ether oxygens (including phenoxy) is 1. The molecule has 102 valence electrons. The zero-order valence-electron chi connectivity index (χ0n) is 10.3. The molecule has 0 aliphatic rings. The number of rotatable bonds is 5. The molecule has 0 saturated heterocycles. The first-order valence-electron chi connectivity index (χ1n) is 5.37. The Kier molecular flexibility index (Phi) is 4.77. The maximum absolute atomic E-state index is 12.0. The fraction of sp³-hybridized carbons (Fsp3) is 0.545. The number of hydrogen-bond donors (Lipinski definition) is 1. The van der Waals surface area contributed by atoms with E-state index in [1.807, 2.05) is 19.0 Å². The predicted octanol–water partition coefficient (Wildman–Crippen LogP) is 1.71. The molecule has 0 unspecified atom stereocenters. The SMILES string of the molecule is CN(C)CCc1ccc(N)c(OCC(F)(F)F)n1. The van der Waals surface area contributed by atoms with Gasteiger partial charge in [-0.25, -0.2) is 4.98 Å². The van der Waals surface area contributed by atoms with E-state index in [9.17, 15) is 13.2 Å². The number of anilines is 1. The summed E-state index contributed by atoms with van der Waals surface area (Å²) in [5.74, 6) is -0.163. The molecule has 1 aromatic rings. The van der Waals surface area contributed by atoms with Crippen LogP contribution in [0.3, 0.4) is 0 Å². The van der Waals surface area contributed by atoms with Crippen LogP contribution in [0.2, 0.25) is 0 Å². The Bertz CT molecular complexity index is 394. The minimum absolute atomic E-state index is 0.104. The van der Waals surface area contributed by atoms with Crippen molar-refractivity contribution < 1.29 is 17.9 Å². The number of pyridine rings is 1. The monoisotopic (exact) mass is 263 g/mol.